The van der Waals surface area contributed by atoms with Crippen LogP contribution in [0.25, 0.3) is 5.70 Å². The maximum Gasteiger partial charge on any atom is 0.338 e. The van der Waals surface area contributed by atoms with Crippen molar-refractivity contribution in [3.05, 3.63) is 107 Å². The van der Waals surface area contributed by atoms with Crippen molar-refractivity contribution >= 4 is 40.9 Å². The van der Waals surface area contributed by atoms with Crippen LogP contribution in [0.4, 0.5) is 10.5 Å². The molecular formula is C30H30ClN3O4. The van der Waals surface area contributed by atoms with Crippen LogP contribution in [0.2, 0.25) is 0 Å². The van der Waals surface area contributed by atoms with Crippen LogP contribution in [0.15, 0.2) is 90.5 Å². The molecule has 3 aromatic carbocycles. The van der Waals surface area contributed by atoms with Crippen molar-refractivity contribution in [1.29, 1.82) is 0 Å². The Balaban J connectivity index is 1.68. The summed E-state index contributed by atoms with van der Waals surface area (Å²) < 4.78 is 5.44. The number of benzene rings is 3. The SMILES string of the molecule is CCCN1C(=O)NC(c2ccc(NC(=O)C(Cl)c3ccccc3)cc2)C(C(=O)OCC)=C1c1ccccc1. The minimum atomic E-state index is -0.843. The van der Waals surface area contributed by atoms with Crippen molar-refractivity contribution in [2.24, 2.45) is 0 Å². The summed E-state index contributed by atoms with van der Waals surface area (Å²) in [5.41, 5.74) is 3.55. The number of anilines is 1. The monoisotopic (exact) mass is 531 g/mol. The second-order valence-electron chi connectivity index (χ2n) is 8.77. The van der Waals surface area contributed by atoms with E-state index >= 15 is 0 Å². The fourth-order valence-corrected chi connectivity index (χ4v) is 4.61. The minimum absolute atomic E-state index is 0.199. The standard InChI is InChI=1S/C30H30ClN3O4/c1-3-19-34-27(22-13-9-6-10-14-22)24(29(36)38-4-2)26(33-30(34)37)21-15-17-23(18-16-21)32-28(35)25(31)20-11-7-5-8-12-20/h5-18,25-26H,3-4,19H2,1-2H3,(H,32,35)(H,33,37). The molecule has 38 heavy (non-hydrogen) atoms. The summed E-state index contributed by atoms with van der Waals surface area (Å²) in [5.74, 6) is -0.854. The predicted octanol–water partition coefficient (Wildman–Crippen LogP) is 6.06. The van der Waals surface area contributed by atoms with Crippen LogP contribution in [0.5, 0.6) is 0 Å². The van der Waals surface area contributed by atoms with Gasteiger partial charge in [0, 0.05) is 12.2 Å². The predicted molar refractivity (Wildman–Crippen MR) is 148 cm³/mol. The maximum atomic E-state index is 13.3. The molecule has 3 aromatic rings. The maximum absolute atomic E-state index is 13.3. The number of nitrogens with zero attached hydrogens (tertiary/aromatic N) is 1. The largest absolute Gasteiger partial charge is 0.463 e. The normalized spacial score (nSPS) is 16.0. The summed E-state index contributed by atoms with van der Waals surface area (Å²) in [4.78, 5) is 40.8. The van der Waals surface area contributed by atoms with Gasteiger partial charge >= 0.3 is 12.0 Å². The van der Waals surface area contributed by atoms with Gasteiger partial charge in [-0.15, -0.1) is 11.6 Å². The molecule has 0 fully saturated rings. The van der Waals surface area contributed by atoms with Crippen LogP contribution in [-0.2, 0) is 14.3 Å². The van der Waals surface area contributed by atoms with E-state index in [0.29, 0.717) is 41.1 Å². The molecule has 0 aliphatic carbocycles. The number of hydrogen-bond donors (Lipinski definition) is 2. The van der Waals surface area contributed by atoms with Crippen LogP contribution >= 0.6 is 11.6 Å². The molecule has 1 aliphatic heterocycles. The van der Waals surface area contributed by atoms with Gasteiger partial charge in [0.2, 0.25) is 5.91 Å². The second kappa shape index (κ2) is 12.4. The highest BCUT2D eigenvalue weighted by atomic mass is 35.5. The number of rotatable bonds is 9. The highest BCUT2D eigenvalue weighted by molar-refractivity contribution is 6.32. The summed E-state index contributed by atoms with van der Waals surface area (Å²) in [6.07, 6.45) is 0.712. The Morgan fingerprint density at radius 2 is 1.61 bits per heavy atom. The second-order valence-corrected chi connectivity index (χ2v) is 9.20. The Morgan fingerprint density at radius 3 is 2.21 bits per heavy atom. The van der Waals surface area contributed by atoms with Crippen LogP contribution in [0, 0.1) is 0 Å². The number of amides is 3. The van der Waals surface area contributed by atoms with Gasteiger partial charge in [0.15, 0.2) is 0 Å². The highest BCUT2D eigenvalue weighted by Gasteiger charge is 2.38. The summed E-state index contributed by atoms with van der Waals surface area (Å²) >= 11 is 6.35. The molecule has 0 bridgehead atoms. The molecule has 1 heterocycles. The fourth-order valence-electron chi connectivity index (χ4n) is 4.41. The Kier molecular flexibility index (Phi) is 8.81. The first kappa shape index (κ1) is 26.9. The van der Waals surface area contributed by atoms with Gasteiger partial charge in [-0.05, 0) is 42.2 Å². The van der Waals surface area contributed by atoms with Gasteiger partial charge in [-0.1, -0.05) is 79.7 Å². The molecule has 0 radical (unpaired) electrons. The van der Waals surface area contributed by atoms with Crippen molar-refractivity contribution in [2.45, 2.75) is 31.7 Å². The van der Waals surface area contributed by atoms with Crippen LogP contribution in [0.3, 0.4) is 0 Å². The van der Waals surface area contributed by atoms with E-state index in [1.54, 1.807) is 48.2 Å². The molecule has 2 N–H and O–H groups in total. The van der Waals surface area contributed by atoms with E-state index in [9.17, 15) is 14.4 Å². The molecule has 196 valence electrons. The first-order valence-electron chi connectivity index (χ1n) is 12.6. The Hall–Kier alpha value is -4.10. The zero-order valence-electron chi connectivity index (χ0n) is 21.3. The molecule has 3 amide bonds. The van der Waals surface area contributed by atoms with Gasteiger partial charge in [0.1, 0.15) is 5.38 Å². The number of hydrogen-bond acceptors (Lipinski definition) is 4. The third-order valence-corrected chi connectivity index (χ3v) is 6.60. The number of nitrogens with one attached hydrogen (secondary N) is 2. The molecule has 2 unspecified atom stereocenters. The summed E-state index contributed by atoms with van der Waals surface area (Å²) in [7, 11) is 0. The molecule has 1 aliphatic rings. The molecule has 4 rings (SSSR count). The van der Waals surface area contributed by atoms with Crippen LogP contribution in [-0.4, -0.2) is 36.0 Å². The number of alkyl halides is 1. The molecule has 0 saturated heterocycles. The molecular weight excluding hydrogens is 502 g/mol. The first-order chi connectivity index (χ1) is 18.4. The average molecular weight is 532 g/mol. The summed E-state index contributed by atoms with van der Waals surface area (Å²) in [5, 5.41) is 4.96. The molecule has 2 atom stereocenters. The third-order valence-electron chi connectivity index (χ3n) is 6.15. The van der Waals surface area contributed by atoms with Gasteiger partial charge in [-0.25, -0.2) is 9.59 Å². The first-order valence-corrected chi connectivity index (χ1v) is 13.0. The molecule has 0 saturated carbocycles. The lowest BCUT2D eigenvalue weighted by Crippen LogP contribution is -2.48. The lowest BCUT2D eigenvalue weighted by atomic mass is 9.91. The van der Waals surface area contributed by atoms with Crippen molar-refractivity contribution < 1.29 is 19.1 Å². The topological polar surface area (TPSA) is 87.7 Å². The van der Waals surface area contributed by atoms with Crippen molar-refractivity contribution in [3.63, 3.8) is 0 Å². The van der Waals surface area contributed by atoms with Crippen molar-refractivity contribution in [2.75, 3.05) is 18.5 Å². The van der Waals surface area contributed by atoms with E-state index < -0.39 is 17.4 Å². The van der Waals surface area contributed by atoms with Gasteiger partial charge in [-0.3, -0.25) is 9.69 Å². The lowest BCUT2D eigenvalue weighted by molar-refractivity contribution is -0.139. The van der Waals surface area contributed by atoms with Crippen molar-refractivity contribution in [3.8, 4) is 0 Å². The zero-order chi connectivity index (χ0) is 27.1. The average Bonchev–Trinajstić information content (AvgIpc) is 2.95. The van der Waals surface area contributed by atoms with E-state index in [4.69, 9.17) is 16.3 Å². The minimum Gasteiger partial charge on any atom is -0.463 e. The number of ether oxygens (including phenoxy) is 1. The smallest absolute Gasteiger partial charge is 0.338 e. The van der Waals surface area contributed by atoms with Crippen LogP contribution in [0.1, 0.15) is 48.4 Å². The highest BCUT2D eigenvalue weighted by Crippen LogP contribution is 2.37. The Labute approximate surface area is 227 Å². The lowest BCUT2D eigenvalue weighted by Gasteiger charge is -2.36. The number of carbonyl (C=O) groups excluding carboxylic acids is 3. The van der Waals surface area contributed by atoms with E-state index in [1.807, 2.05) is 55.5 Å². The van der Waals surface area contributed by atoms with Gasteiger partial charge in [-0.2, -0.15) is 0 Å². The zero-order valence-corrected chi connectivity index (χ0v) is 22.1. The molecule has 0 aromatic heterocycles. The van der Waals surface area contributed by atoms with Crippen LogP contribution < -0.4 is 10.6 Å². The van der Waals surface area contributed by atoms with E-state index in [0.717, 1.165) is 5.56 Å². The van der Waals surface area contributed by atoms with E-state index in [2.05, 4.69) is 10.6 Å². The fraction of sp³-hybridized carbons (Fsp3) is 0.233. The third kappa shape index (κ3) is 5.89. The number of esters is 1. The molecule has 8 heteroatoms. The number of carbonyl (C=O) groups is 3. The number of urea groups is 1. The Bertz CT molecular complexity index is 1310. The number of halogens is 1. The molecule has 0 spiro atoms. The Morgan fingerprint density at radius 1 is 0.974 bits per heavy atom. The quantitative estimate of drug-likeness (QED) is 0.260. The summed E-state index contributed by atoms with van der Waals surface area (Å²) in [6, 6.07) is 24.4. The molecule has 7 nitrogen and oxygen atoms in total. The van der Waals surface area contributed by atoms with Gasteiger partial charge in [0.25, 0.3) is 0 Å². The van der Waals surface area contributed by atoms with Crippen molar-refractivity contribution in [1.82, 2.24) is 10.2 Å². The summed E-state index contributed by atoms with van der Waals surface area (Å²) in [6.45, 7) is 4.36. The van der Waals surface area contributed by atoms with E-state index in [1.165, 1.54) is 0 Å². The van der Waals surface area contributed by atoms with Gasteiger partial charge in [0.05, 0.1) is 23.9 Å². The van der Waals surface area contributed by atoms with Gasteiger partial charge < -0.3 is 15.4 Å². The van der Waals surface area contributed by atoms with E-state index in [-0.39, 0.29) is 18.5 Å².